The second-order valence-corrected chi connectivity index (χ2v) is 6.80. The Hall–Kier alpha value is -2.81. The van der Waals surface area contributed by atoms with E-state index < -0.39 is 0 Å². The average molecular weight is 376 g/mol. The number of aromatic nitrogens is 1. The molecule has 3 nitrogen and oxygen atoms in total. The lowest BCUT2D eigenvalue weighted by atomic mass is 9.94. The lowest BCUT2D eigenvalue weighted by molar-refractivity contribution is 0.298. The molecule has 0 bridgehead atoms. The van der Waals surface area contributed by atoms with E-state index in [-0.39, 0.29) is 0 Å². The maximum atomic E-state index is 5.98. The number of aryl methyl sites for hydroxylation is 3. The van der Waals surface area contributed by atoms with Gasteiger partial charge in [-0.25, -0.2) is 0 Å². The molecule has 0 aliphatic carbocycles. The average Bonchev–Trinajstić information content (AvgIpc) is 2.72. The zero-order valence-corrected chi connectivity index (χ0v) is 17.3. The third kappa shape index (κ3) is 4.53. The number of ether oxygens (including phenoxy) is 2. The van der Waals surface area contributed by atoms with E-state index in [9.17, 15) is 0 Å². The Morgan fingerprint density at radius 1 is 0.750 bits per heavy atom. The van der Waals surface area contributed by atoms with Gasteiger partial charge >= 0.3 is 0 Å². The molecule has 3 heteroatoms. The number of pyridine rings is 1. The number of hydrogen-bond donors (Lipinski definition) is 0. The van der Waals surface area contributed by atoms with Gasteiger partial charge in [0.15, 0.2) is 0 Å². The first-order valence-corrected chi connectivity index (χ1v) is 10.1. The summed E-state index contributed by atoms with van der Waals surface area (Å²) >= 11 is 0. The van der Waals surface area contributed by atoms with E-state index in [2.05, 4.69) is 51.1 Å². The zero-order valence-electron chi connectivity index (χ0n) is 17.3. The van der Waals surface area contributed by atoms with Crippen LogP contribution in [0, 0.1) is 6.92 Å². The Morgan fingerprint density at radius 3 is 2.00 bits per heavy atom. The summed E-state index contributed by atoms with van der Waals surface area (Å²) in [6.45, 7) is 9.56. The van der Waals surface area contributed by atoms with Gasteiger partial charge in [0.2, 0.25) is 0 Å². The normalized spacial score (nSPS) is 10.7. The standard InChI is InChI=1S/C25H29NO2/c1-5-19-10-8-11-20(6-2)25(19)24-15-14-21(18(4)26-24)17-28-23-13-9-12-22(16-23)27-7-3/h8-16H,5-7,17H2,1-4H3. The third-order valence-electron chi connectivity index (χ3n) is 4.96. The van der Waals surface area contributed by atoms with Crippen LogP contribution >= 0.6 is 0 Å². The molecular weight excluding hydrogens is 346 g/mol. The zero-order chi connectivity index (χ0) is 19.9. The van der Waals surface area contributed by atoms with Crippen molar-refractivity contribution >= 4 is 0 Å². The Morgan fingerprint density at radius 2 is 1.39 bits per heavy atom. The van der Waals surface area contributed by atoms with Crippen LogP contribution in [0.3, 0.4) is 0 Å². The summed E-state index contributed by atoms with van der Waals surface area (Å²) in [5.74, 6) is 1.63. The Labute approximate surface area is 168 Å². The molecule has 2 aromatic carbocycles. The Balaban J connectivity index is 1.81. The van der Waals surface area contributed by atoms with Gasteiger partial charge in [-0.1, -0.05) is 44.2 Å². The molecule has 146 valence electrons. The number of hydrogen-bond acceptors (Lipinski definition) is 3. The monoisotopic (exact) mass is 375 g/mol. The molecule has 0 saturated carbocycles. The van der Waals surface area contributed by atoms with Crippen LogP contribution in [0.15, 0.2) is 54.6 Å². The highest BCUT2D eigenvalue weighted by molar-refractivity contribution is 5.68. The van der Waals surface area contributed by atoms with E-state index in [0.29, 0.717) is 13.2 Å². The van der Waals surface area contributed by atoms with Crippen LogP contribution in [0.1, 0.15) is 43.2 Å². The first kappa shape index (κ1) is 19.9. The molecule has 0 fully saturated rings. The van der Waals surface area contributed by atoms with Gasteiger partial charge in [0, 0.05) is 22.9 Å². The van der Waals surface area contributed by atoms with E-state index in [0.717, 1.165) is 41.3 Å². The number of benzene rings is 2. The fraction of sp³-hybridized carbons (Fsp3) is 0.320. The summed E-state index contributed by atoms with van der Waals surface area (Å²) in [6, 6.07) is 18.6. The lowest BCUT2D eigenvalue weighted by Gasteiger charge is -2.15. The molecule has 0 amide bonds. The van der Waals surface area contributed by atoms with Crippen LogP contribution in [0.5, 0.6) is 11.5 Å². The highest BCUT2D eigenvalue weighted by Gasteiger charge is 2.12. The summed E-state index contributed by atoms with van der Waals surface area (Å²) in [6.07, 6.45) is 2.01. The second kappa shape index (κ2) is 9.41. The van der Waals surface area contributed by atoms with Crippen molar-refractivity contribution < 1.29 is 9.47 Å². The van der Waals surface area contributed by atoms with Gasteiger partial charge in [-0.15, -0.1) is 0 Å². The summed E-state index contributed by atoms with van der Waals surface area (Å²) in [5, 5.41) is 0. The van der Waals surface area contributed by atoms with Crippen LogP contribution in [0.25, 0.3) is 11.3 Å². The van der Waals surface area contributed by atoms with Crippen LogP contribution in [-0.2, 0) is 19.4 Å². The fourth-order valence-corrected chi connectivity index (χ4v) is 3.43. The van der Waals surface area contributed by atoms with Crippen LogP contribution < -0.4 is 9.47 Å². The van der Waals surface area contributed by atoms with E-state index >= 15 is 0 Å². The van der Waals surface area contributed by atoms with E-state index in [1.165, 1.54) is 16.7 Å². The molecule has 3 rings (SSSR count). The smallest absolute Gasteiger partial charge is 0.123 e. The van der Waals surface area contributed by atoms with E-state index in [1.807, 2.05) is 31.2 Å². The molecule has 0 radical (unpaired) electrons. The number of nitrogens with zero attached hydrogens (tertiary/aromatic N) is 1. The van der Waals surface area contributed by atoms with Gasteiger partial charge in [-0.2, -0.15) is 0 Å². The SMILES string of the molecule is CCOc1cccc(OCc2ccc(-c3c(CC)cccc3CC)nc2C)c1. The van der Waals surface area contributed by atoms with Crippen molar-refractivity contribution in [2.24, 2.45) is 0 Å². The Kier molecular flexibility index (Phi) is 6.70. The maximum Gasteiger partial charge on any atom is 0.123 e. The molecule has 0 spiro atoms. The van der Waals surface area contributed by atoms with Gasteiger partial charge in [0.25, 0.3) is 0 Å². The van der Waals surface area contributed by atoms with Crippen molar-refractivity contribution in [1.29, 1.82) is 0 Å². The molecular formula is C25H29NO2. The van der Waals surface area contributed by atoms with Crippen molar-refractivity contribution in [3.05, 3.63) is 77.0 Å². The minimum Gasteiger partial charge on any atom is -0.494 e. The summed E-state index contributed by atoms with van der Waals surface area (Å²) < 4.78 is 11.5. The topological polar surface area (TPSA) is 31.4 Å². The molecule has 3 aromatic rings. The molecule has 1 heterocycles. The van der Waals surface area contributed by atoms with Crippen LogP contribution in [-0.4, -0.2) is 11.6 Å². The predicted molar refractivity (Wildman–Crippen MR) is 115 cm³/mol. The van der Waals surface area contributed by atoms with E-state index in [1.54, 1.807) is 0 Å². The molecule has 0 aliphatic rings. The molecule has 1 aromatic heterocycles. The van der Waals surface area contributed by atoms with Crippen molar-refractivity contribution in [1.82, 2.24) is 4.98 Å². The van der Waals surface area contributed by atoms with Gasteiger partial charge in [-0.05, 0) is 56.0 Å². The fourth-order valence-electron chi connectivity index (χ4n) is 3.43. The quantitative estimate of drug-likeness (QED) is 0.472. The second-order valence-electron chi connectivity index (χ2n) is 6.80. The molecule has 0 N–H and O–H groups in total. The van der Waals surface area contributed by atoms with Crippen molar-refractivity contribution in [3.63, 3.8) is 0 Å². The molecule has 28 heavy (non-hydrogen) atoms. The third-order valence-corrected chi connectivity index (χ3v) is 4.96. The lowest BCUT2D eigenvalue weighted by Crippen LogP contribution is -2.02. The molecule has 0 aliphatic heterocycles. The summed E-state index contributed by atoms with van der Waals surface area (Å²) in [7, 11) is 0. The Bertz CT molecular complexity index is 911. The molecule has 0 atom stereocenters. The van der Waals surface area contributed by atoms with Gasteiger partial charge in [0.05, 0.1) is 12.3 Å². The van der Waals surface area contributed by atoms with Gasteiger partial charge < -0.3 is 9.47 Å². The molecule has 0 unspecified atom stereocenters. The highest BCUT2D eigenvalue weighted by Crippen LogP contribution is 2.29. The minimum atomic E-state index is 0.491. The highest BCUT2D eigenvalue weighted by atomic mass is 16.5. The number of rotatable bonds is 8. The summed E-state index contributed by atoms with van der Waals surface area (Å²) in [4.78, 5) is 4.92. The van der Waals surface area contributed by atoms with Crippen LogP contribution in [0.2, 0.25) is 0 Å². The van der Waals surface area contributed by atoms with Crippen molar-refractivity contribution in [2.75, 3.05) is 6.61 Å². The van der Waals surface area contributed by atoms with Crippen LogP contribution in [0.4, 0.5) is 0 Å². The van der Waals surface area contributed by atoms with E-state index in [4.69, 9.17) is 14.5 Å². The first-order chi connectivity index (χ1) is 13.7. The van der Waals surface area contributed by atoms with Gasteiger partial charge in [0.1, 0.15) is 18.1 Å². The molecule has 0 saturated heterocycles. The maximum absolute atomic E-state index is 5.98. The first-order valence-electron chi connectivity index (χ1n) is 10.1. The largest absolute Gasteiger partial charge is 0.494 e. The van der Waals surface area contributed by atoms with Gasteiger partial charge in [-0.3, -0.25) is 4.98 Å². The van der Waals surface area contributed by atoms with Crippen molar-refractivity contribution in [3.8, 4) is 22.8 Å². The summed E-state index contributed by atoms with van der Waals surface area (Å²) in [5.41, 5.74) is 7.14. The minimum absolute atomic E-state index is 0.491. The van der Waals surface area contributed by atoms with Crippen molar-refractivity contribution in [2.45, 2.75) is 47.1 Å². The predicted octanol–water partition coefficient (Wildman–Crippen LogP) is 6.16.